The maximum atomic E-state index is 12.8. The van der Waals surface area contributed by atoms with Crippen molar-refractivity contribution in [3.8, 4) is 0 Å². The Morgan fingerprint density at radius 3 is 2.51 bits per heavy atom. The van der Waals surface area contributed by atoms with Gasteiger partial charge in [-0.1, -0.05) is 30.0 Å². The maximum absolute atomic E-state index is 12.8. The lowest BCUT2D eigenvalue weighted by molar-refractivity contribution is -0.131. The quantitative estimate of drug-likeness (QED) is 0.451. The summed E-state index contributed by atoms with van der Waals surface area (Å²) in [5.41, 5.74) is 2.77. The summed E-state index contributed by atoms with van der Waals surface area (Å²) in [6, 6.07) is 9.63. The van der Waals surface area contributed by atoms with Gasteiger partial charge in [0.2, 0.25) is 17.8 Å². The maximum Gasteiger partial charge on any atom is 0.243 e. The summed E-state index contributed by atoms with van der Waals surface area (Å²) in [7, 11) is 1.64. The van der Waals surface area contributed by atoms with Crippen LogP contribution in [0.4, 0.5) is 11.6 Å². The molecular weight excluding hydrogens is 464 g/mol. The van der Waals surface area contributed by atoms with Gasteiger partial charge in [0.1, 0.15) is 5.76 Å². The molecule has 1 aliphatic heterocycles. The predicted octanol–water partition coefficient (Wildman–Crippen LogP) is 3.72. The van der Waals surface area contributed by atoms with Gasteiger partial charge in [-0.15, -0.1) is 10.2 Å². The Balaban J connectivity index is 1.38. The lowest BCUT2D eigenvalue weighted by Crippen LogP contribution is -2.36. The first-order chi connectivity index (χ1) is 16.9. The molecule has 186 valence electrons. The number of nitrogens with zero attached hydrogens (tertiary/aromatic N) is 5. The van der Waals surface area contributed by atoms with Crippen LogP contribution in [0.15, 0.2) is 46.2 Å². The summed E-state index contributed by atoms with van der Waals surface area (Å²) >= 11 is 1.32. The zero-order valence-electron chi connectivity index (χ0n) is 20.5. The van der Waals surface area contributed by atoms with Crippen molar-refractivity contribution >= 4 is 35.2 Å². The first-order valence-corrected chi connectivity index (χ1v) is 12.8. The van der Waals surface area contributed by atoms with E-state index in [0.717, 1.165) is 54.5 Å². The standard InChI is InChI=1S/C25H32N6O3S/c1-18-9-7-10-19(2)23(18)26-21(32)16-29(3)22(33)17-35-25-28-27-24(30-12-5-4-6-13-30)31(25)15-20-11-8-14-34-20/h7-11,14H,4-6,12-13,15-17H2,1-3H3,(H,26,32). The van der Waals surface area contributed by atoms with Gasteiger partial charge in [-0.05, 0) is 56.4 Å². The molecule has 9 nitrogen and oxygen atoms in total. The number of para-hydroxylation sites is 1. The smallest absolute Gasteiger partial charge is 0.243 e. The van der Waals surface area contributed by atoms with Crippen LogP contribution in [-0.2, 0) is 16.1 Å². The van der Waals surface area contributed by atoms with Gasteiger partial charge in [-0.25, -0.2) is 0 Å². The minimum absolute atomic E-state index is 0.0225. The number of aryl methyl sites for hydroxylation is 2. The Morgan fingerprint density at radius 2 is 1.83 bits per heavy atom. The van der Waals surface area contributed by atoms with Gasteiger partial charge in [0, 0.05) is 25.8 Å². The van der Waals surface area contributed by atoms with Crippen molar-refractivity contribution in [1.82, 2.24) is 19.7 Å². The molecular formula is C25H32N6O3S. The van der Waals surface area contributed by atoms with E-state index in [1.807, 2.05) is 48.7 Å². The highest BCUT2D eigenvalue weighted by Crippen LogP contribution is 2.26. The molecule has 3 aromatic rings. The third kappa shape index (κ3) is 6.25. The van der Waals surface area contributed by atoms with Gasteiger partial charge in [0.25, 0.3) is 0 Å². The number of rotatable bonds is 9. The van der Waals surface area contributed by atoms with Crippen molar-refractivity contribution in [3.63, 3.8) is 0 Å². The summed E-state index contributed by atoms with van der Waals surface area (Å²) in [5, 5.41) is 12.4. The second-order valence-corrected chi connectivity index (χ2v) is 9.79. The number of anilines is 2. The molecule has 0 spiro atoms. The minimum atomic E-state index is -0.225. The Hall–Kier alpha value is -3.27. The first kappa shape index (κ1) is 24.8. The predicted molar refractivity (Wildman–Crippen MR) is 137 cm³/mol. The van der Waals surface area contributed by atoms with Crippen LogP contribution in [0.5, 0.6) is 0 Å². The van der Waals surface area contributed by atoms with Gasteiger partial charge in [0.15, 0.2) is 5.16 Å². The molecule has 10 heteroatoms. The molecule has 1 aromatic carbocycles. The number of hydrogen-bond donors (Lipinski definition) is 1. The number of hydrogen-bond acceptors (Lipinski definition) is 7. The lowest BCUT2D eigenvalue weighted by Gasteiger charge is -2.27. The van der Waals surface area contributed by atoms with E-state index in [-0.39, 0.29) is 24.1 Å². The van der Waals surface area contributed by atoms with E-state index in [2.05, 4.69) is 20.4 Å². The normalized spacial score (nSPS) is 13.6. The fraction of sp³-hybridized carbons (Fsp3) is 0.440. The summed E-state index contributed by atoms with van der Waals surface area (Å²) in [4.78, 5) is 29.1. The summed E-state index contributed by atoms with van der Waals surface area (Å²) in [5.74, 6) is 1.38. The zero-order valence-corrected chi connectivity index (χ0v) is 21.3. The van der Waals surface area contributed by atoms with Crippen LogP contribution in [-0.4, -0.2) is 63.9 Å². The number of amides is 2. The van der Waals surface area contributed by atoms with Crippen LogP contribution in [0.3, 0.4) is 0 Å². The molecule has 0 unspecified atom stereocenters. The molecule has 0 saturated carbocycles. The van der Waals surface area contributed by atoms with Crippen LogP contribution in [0.1, 0.15) is 36.1 Å². The fourth-order valence-electron chi connectivity index (χ4n) is 4.14. The van der Waals surface area contributed by atoms with Crippen LogP contribution in [0.25, 0.3) is 0 Å². The van der Waals surface area contributed by atoms with Crippen LogP contribution in [0.2, 0.25) is 0 Å². The highest BCUT2D eigenvalue weighted by atomic mass is 32.2. The number of likely N-dealkylation sites (N-methyl/N-ethyl adjacent to an activating group) is 1. The van der Waals surface area contributed by atoms with Crippen molar-refractivity contribution in [1.29, 1.82) is 0 Å². The van der Waals surface area contributed by atoms with E-state index in [1.165, 1.54) is 23.1 Å². The molecule has 1 fully saturated rings. The lowest BCUT2D eigenvalue weighted by atomic mass is 10.1. The highest BCUT2D eigenvalue weighted by Gasteiger charge is 2.22. The Bertz CT molecular complexity index is 1130. The molecule has 2 amide bonds. The third-order valence-electron chi connectivity index (χ3n) is 6.11. The number of carbonyl (C=O) groups is 2. The molecule has 3 heterocycles. The second-order valence-electron chi connectivity index (χ2n) is 8.85. The van der Waals surface area contributed by atoms with Crippen LogP contribution < -0.4 is 10.2 Å². The van der Waals surface area contributed by atoms with Crippen molar-refractivity contribution in [2.75, 3.05) is 42.7 Å². The molecule has 1 N–H and O–H groups in total. The van der Waals surface area contributed by atoms with Crippen molar-refractivity contribution in [3.05, 3.63) is 53.5 Å². The SMILES string of the molecule is Cc1cccc(C)c1NC(=O)CN(C)C(=O)CSc1nnc(N2CCCCC2)n1Cc1ccco1. The van der Waals surface area contributed by atoms with E-state index in [9.17, 15) is 9.59 Å². The van der Waals surface area contributed by atoms with Gasteiger partial charge in [-0.3, -0.25) is 14.2 Å². The number of piperidine rings is 1. The fourth-order valence-corrected chi connectivity index (χ4v) is 5.02. The Kier molecular flexibility index (Phi) is 8.12. The Labute approximate surface area is 209 Å². The van der Waals surface area contributed by atoms with Gasteiger partial charge < -0.3 is 19.5 Å². The van der Waals surface area contributed by atoms with E-state index in [1.54, 1.807) is 13.3 Å². The summed E-state index contributed by atoms with van der Waals surface area (Å²) in [6.45, 7) is 6.26. The monoisotopic (exact) mass is 496 g/mol. The van der Waals surface area contributed by atoms with Gasteiger partial charge in [0.05, 0.1) is 25.1 Å². The molecule has 0 atom stereocenters. The molecule has 2 aromatic heterocycles. The number of carbonyl (C=O) groups excluding carboxylic acids is 2. The van der Waals surface area contributed by atoms with Crippen molar-refractivity contribution in [2.45, 2.75) is 44.8 Å². The topological polar surface area (TPSA) is 96.5 Å². The first-order valence-electron chi connectivity index (χ1n) is 11.9. The highest BCUT2D eigenvalue weighted by molar-refractivity contribution is 7.99. The molecule has 35 heavy (non-hydrogen) atoms. The Morgan fingerprint density at radius 1 is 1.09 bits per heavy atom. The molecule has 1 saturated heterocycles. The minimum Gasteiger partial charge on any atom is -0.467 e. The average Bonchev–Trinajstić information content (AvgIpc) is 3.51. The molecule has 0 bridgehead atoms. The largest absolute Gasteiger partial charge is 0.467 e. The number of nitrogens with one attached hydrogen (secondary N) is 1. The van der Waals surface area contributed by atoms with E-state index < -0.39 is 0 Å². The third-order valence-corrected chi connectivity index (χ3v) is 7.06. The van der Waals surface area contributed by atoms with E-state index in [4.69, 9.17) is 4.42 Å². The summed E-state index contributed by atoms with van der Waals surface area (Å²) in [6.07, 6.45) is 5.13. The zero-order chi connectivity index (χ0) is 24.8. The molecule has 4 rings (SSSR count). The molecule has 0 radical (unpaired) electrons. The average molecular weight is 497 g/mol. The van der Waals surface area contributed by atoms with Crippen LogP contribution in [0, 0.1) is 13.8 Å². The molecule has 0 aliphatic carbocycles. The number of benzene rings is 1. The second kappa shape index (κ2) is 11.4. The van der Waals surface area contributed by atoms with Crippen molar-refractivity contribution < 1.29 is 14.0 Å². The molecule has 1 aliphatic rings. The van der Waals surface area contributed by atoms with Gasteiger partial charge in [-0.2, -0.15) is 0 Å². The van der Waals surface area contributed by atoms with Crippen LogP contribution >= 0.6 is 11.8 Å². The number of thioether (sulfide) groups is 1. The number of furan rings is 1. The van der Waals surface area contributed by atoms with Crippen molar-refractivity contribution in [2.24, 2.45) is 0 Å². The number of aromatic nitrogens is 3. The van der Waals surface area contributed by atoms with E-state index in [0.29, 0.717) is 11.7 Å². The summed E-state index contributed by atoms with van der Waals surface area (Å²) < 4.78 is 7.56. The van der Waals surface area contributed by atoms with E-state index >= 15 is 0 Å². The van der Waals surface area contributed by atoms with Gasteiger partial charge >= 0.3 is 0 Å².